The predicted octanol–water partition coefficient (Wildman–Crippen LogP) is 0.181. The van der Waals surface area contributed by atoms with Crippen LogP contribution in [0.5, 0.6) is 0 Å². The Bertz CT molecular complexity index is 280. The van der Waals surface area contributed by atoms with E-state index in [1.54, 1.807) is 13.8 Å². The molecule has 0 atom stereocenters. The van der Waals surface area contributed by atoms with E-state index in [2.05, 4.69) is 0 Å². The summed E-state index contributed by atoms with van der Waals surface area (Å²) in [6.45, 7) is 3.27. The van der Waals surface area contributed by atoms with Gasteiger partial charge in [0.2, 0.25) is 10.0 Å². The molecular formula is C8H17NO3S. The van der Waals surface area contributed by atoms with Gasteiger partial charge in [0.25, 0.3) is 0 Å². The van der Waals surface area contributed by atoms with E-state index in [0.29, 0.717) is 0 Å². The van der Waals surface area contributed by atoms with Crippen molar-refractivity contribution in [3.63, 3.8) is 0 Å². The monoisotopic (exact) mass is 207 g/mol. The zero-order chi connectivity index (χ0) is 10.3. The minimum Gasteiger partial charge on any atom is -0.394 e. The van der Waals surface area contributed by atoms with Crippen molar-refractivity contribution in [1.29, 1.82) is 0 Å². The molecule has 1 saturated carbocycles. The summed E-state index contributed by atoms with van der Waals surface area (Å²) in [4.78, 5) is 0. The molecule has 0 aromatic carbocycles. The molecule has 0 heterocycles. The minimum absolute atomic E-state index is 0.157. The van der Waals surface area contributed by atoms with Crippen LogP contribution in [0.3, 0.4) is 0 Å². The summed E-state index contributed by atoms with van der Waals surface area (Å²) >= 11 is 0. The lowest BCUT2D eigenvalue weighted by Crippen LogP contribution is -2.48. The fourth-order valence-corrected chi connectivity index (χ4v) is 2.96. The molecule has 1 N–H and O–H groups in total. The Balaban J connectivity index is 2.82. The molecule has 1 aliphatic rings. The number of hydrogen-bond donors (Lipinski definition) is 1. The van der Waals surface area contributed by atoms with Crippen LogP contribution in [0.2, 0.25) is 0 Å². The fourth-order valence-electron chi connectivity index (χ4n) is 1.03. The van der Waals surface area contributed by atoms with Crippen LogP contribution in [0.1, 0.15) is 26.7 Å². The molecule has 1 fully saturated rings. The Kier molecular flexibility index (Phi) is 2.71. The van der Waals surface area contributed by atoms with E-state index in [-0.39, 0.29) is 11.9 Å². The molecule has 0 radical (unpaired) electrons. The molecule has 0 amide bonds. The number of aliphatic hydroxyl groups excluding tert-OH is 1. The largest absolute Gasteiger partial charge is 0.394 e. The molecule has 0 aliphatic heterocycles. The lowest BCUT2D eigenvalue weighted by Gasteiger charge is -2.32. The fraction of sp³-hybridized carbons (Fsp3) is 1.00. The Hall–Kier alpha value is -0.130. The molecule has 13 heavy (non-hydrogen) atoms. The van der Waals surface area contributed by atoms with Crippen molar-refractivity contribution in [2.45, 2.75) is 37.5 Å². The lowest BCUT2D eigenvalue weighted by atomic mass is 10.1. The van der Waals surface area contributed by atoms with Gasteiger partial charge in [-0.05, 0) is 26.7 Å². The molecule has 0 spiro atoms. The normalized spacial score (nSPS) is 19.5. The van der Waals surface area contributed by atoms with Gasteiger partial charge >= 0.3 is 0 Å². The second kappa shape index (κ2) is 3.22. The molecular weight excluding hydrogens is 190 g/mol. The molecule has 78 valence electrons. The molecule has 0 unspecified atom stereocenters. The van der Waals surface area contributed by atoms with Crippen LogP contribution >= 0.6 is 0 Å². The number of likely N-dealkylation sites (N-methyl/N-ethyl adjacent to an activating group) is 1. The zero-order valence-electron chi connectivity index (χ0n) is 8.32. The summed E-state index contributed by atoms with van der Waals surface area (Å²) in [6.07, 6.45) is 1.52. The Morgan fingerprint density at radius 2 is 1.92 bits per heavy atom. The SMILES string of the molecule is CN(C(C)(C)CO)S(=O)(=O)C1CC1. The lowest BCUT2D eigenvalue weighted by molar-refractivity contribution is 0.138. The number of nitrogens with zero attached hydrogens (tertiary/aromatic N) is 1. The van der Waals surface area contributed by atoms with Gasteiger partial charge in [-0.1, -0.05) is 0 Å². The van der Waals surface area contributed by atoms with Crippen LogP contribution in [0.25, 0.3) is 0 Å². The number of hydrogen-bond acceptors (Lipinski definition) is 3. The summed E-state index contributed by atoms with van der Waals surface area (Å²) in [5.41, 5.74) is -0.693. The van der Waals surface area contributed by atoms with Gasteiger partial charge in [-0.2, -0.15) is 4.31 Å². The van der Waals surface area contributed by atoms with Crippen molar-refractivity contribution in [2.75, 3.05) is 13.7 Å². The second-order valence-electron chi connectivity index (χ2n) is 4.18. The van der Waals surface area contributed by atoms with E-state index >= 15 is 0 Å². The van der Waals surface area contributed by atoms with Gasteiger partial charge in [0.1, 0.15) is 0 Å². The second-order valence-corrected chi connectivity index (χ2v) is 6.43. The molecule has 0 bridgehead atoms. The van der Waals surface area contributed by atoms with Crippen molar-refractivity contribution < 1.29 is 13.5 Å². The van der Waals surface area contributed by atoms with Crippen molar-refractivity contribution in [3.8, 4) is 0 Å². The van der Waals surface area contributed by atoms with Crippen LogP contribution in [0, 0.1) is 0 Å². The quantitative estimate of drug-likeness (QED) is 0.715. The number of sulfonamides is 1. The average molecular weight is 207 g/mol. The number of aliphatic hydroxyl groups is 1. The highest BCUT2D eigenvalue weighted by molar-refractivity contribution is 7.90. The molecule has 5 heteroatoms. The van der Waals surface area contributed by atoms with Gasteiger partial charge in [0, 0.05) is 7.05 Å². The van der Waals surface area contributed by atoms with Gasteiger partial charge in [-0.25, -0.2) is 8.42 Å². The van der Waals surface area contributed by atoms with Crippen LogP contribution in [0.4, 0.5) is 0 Å². The van der Waals surface area contributed by atoms with E-state index in [0.717, 1.165) is 12.8 Å². The topological polar surface area (TPSA) is 57.6 Å². The van der Waals surface area contributed by atoms with Crippen LogP contribution in [-0.4, -0.2) is 42.3 Å². The molecule has 1 rings (SSSR count). The smallest absolute Gasteiger partial charge is 0.217 e. The maximum Gasteiger partial charge on any atom is 0.217 e. The Labute approximate surface area is 79.6 Å². The van der Waals surface area contributed by atoms with Gasteiger partial charge in [0.05, 0.1) is 17.4 Å². The third kappa shape index (κ3) is 2.03. The average Bonchev–Trinajstić information content (AvgIpc) is 2.85. The molecule has 0 aromatic heterocycles. The van der Waals surface area contributed by atoms with Crippen molar-refractivity contribution >= 4 is 10.0 Å². The molecule has 0 saturated heterocycles. The van der Waals surface area contributed by atoms with Crippen molar-refractivity contribution in [1.82, 2.24) is 4.31 Å². The summed E-state index contributed by atoms with van der Waals surface area (Å²) in [5, 5.41) is 8.82. The van der Waals surface area contributed by atoms with Crippen molar-refractivity contribution in [2.24, 2.45) is 0 Å². The van der Waals surface area contributed by atoms with E-state index in [9.17, 15) is 8.42 Å². The third-order valence-corrected chi connectivity index (χ3v) is 5.14. The van der Waals surface area contributed by atoms with Crippen LogP contribution in [0.15, 0.2) is 0 Å². The summed E-state index contributed by atoms with van der Waals surface area (Å²) < 4.78 is 24.7. The van der Waals surface area contributed by atoms with E-state index in [1.165, 1.54) is 11.4 Å². The van der Waals surface area contributed by atoms with Crippen LogP contribution < -0.4 is 0 Å². The standard InChI is InChI=1S/C8H17NO3S/c1-8(2,6-10)9(3)13(11,12)7-4-5-7/h7,10H,4-6H2,1-3H3. The zero-order valence-corrected chi connectivity index (χ0v) is 9.13. The summed E-state index contributed by atoms with van der Waals surface area (Å²) in [7, 11) is -1.63. The van der Waals surface area contributed by atoms with Gasteiger partial charge in [-0.3, -0.25) is 0 Å². The molecule has 1 aliphatic carbocycles. The van der Waals surface area contributed by atoms with Crippen LogP contribution in [-0.2, 0) is 10.0 Å². The van der Waals surface area contributed by atoms with E-state index in [1.807, 2.05) is 0 Å². The first-order valence-electron chi connectivity index (χ1n) is 4.41. The first kappa shape index (κ1) is 10.9. The Morgan fingerprint density at radius 1 is 1.46 bits per heavy atom. The highest BCUT2D eigenvalue weighted by Crippen LogP contribution is 2.33. The molecule has 4 nitrogen and oxygen atoms in total. The van der Waals surface area contributed by atoms with E-state index < -0.39 is 15.6 Å². The highest BCUT2D eigenvalue weighted by atomic mass is 32.2. The van der Waals surface area contributed by atoms with Gasteiger partial charge < -0.3 is 5.11 Å². The highest BCUT2D eigenvalue weighted by Gasteiger charge is 2.43. The first-order chi connectivity index (χ1) is 5.82. The predicted molar refractivity (Wildman–Crippen MR) is 50.9 cm³/mol. The van der Waals surface area contributed by atoms with Gasteiger partial charge in [0.15, 0.2) is 0 Å². The third-order valence-electron chi connectivity index (χ3n) is 2.57. The maximum absolute atomic E-state index is 11.7. The maximum atomic E-state index is 11.7. The minimum atomic E-state index is -3.16. The summed E-state index contributed by atoms with van der Waals surface area (Å²) in [5.74, 6) is 0. The Morgan fingerprint density at radius 3 is 2.23 bits per heavy atom. The van der Waals surface area contributed by atoms with Crippen molar-refractivity contribution in [3.05, 3.63) is 0 Å². The molecule has 0 aromatic rings. The first-order valence-corrected chi connectivity index (χ1v) is 5.91. The summed E-state index contributed by atoms with van der Waals surface area (Å²) in [6, 6.07) is 0. The number of rotatable bonds is 4. The van der Waals surface area contributed by atoms with E-state index in [4.69, 9.17) is 5.11 Å². The van der Waals surface area contributed by atoms with Gasteiger partial charge in [-0.15, -0.1) is 0 Å².